The first-order valence-electron chi connectivity index (χ1n) is 12.4. The van der Waals surface area contributed by atoms with E-state index in [1.54, 1.807) is 40.7 Å². The molecule has 0 saturated heterocycles. The summed E-state index contributed by atoms with van der Waals surface area (Å²) < 4.78 is 5.36. The summed E-state index contributed by atoms with van der Waals surface area (Å²) >= 11 is 0. The van der Waals surface area contributed by atoms with E-state index in [0.29, 0.717) is 11.3 Å². The van der Waals surface area contributed by atoms with Gasteiger partial charge in [0.1, 0.15) is 17.7 Å². The van der Waals surface area contributed by atoms with Crippen molar-refractivity contribution in [2.45, 2.75) is 80.0 Å². The molecule has 2 atom stereocenters. The molecule has 3 amide bonds. The second kappa shape index (κ2) is 12.0. The van der Waals surface area contributed by atoms with Gasteiger partial charge in [0.05, 0.1) is 0 Å². The number of rotatable bonds is 7. The first-order chi connectivity index (χ1) is 17.2. The number of anilines is 1. The monoisotopic (exact) mass is 505 g/mol. The molecule has 2 aromatic rings. The number of benzene rings is 2. The highest BCUT2D eigenvalue weighted by molar-refractivity contribution is 6.00. The Kier molecular flexibility index (Phi) is 9.52. The van der Waals surface area contributed by atoms with Crippen LogP contribution in [0.4, 0.5) is 10.5 Å². The minimum Gasteiger partial charge on any atom is -0.444 e. The van der Waals surface area contributed by atoms with Crippen LogP contribution >= 0.6 is 0 Å². The molecule has 0 aliphatic carbocycles. The molecule has 0 radical (unpaired) electrons. The summed E-state index contributed by atoms with van der Waals surface area (Å²) in [5, 5.41) is 5.64. The van der Waals surface area contributed by atoms with Crippen molar-refractivity contribution in [2.24, 2.45) is 5.92 Å². The van der Waals surface area contributed by atoms with Crippen LogP contribution in [0.15, 0.2) is 36.4 Å². The molecule has 0 fully saturated rings. The number of amides is 3. The van der Waals surface area contributed by atoms with Crippen LogP contribution in [-0.2, 0) is 14.3 Å². The van der Waals surface area contributed by atoms with Crippen LogP contribution in [0, 0.1) is 46.1 Å². The normalized spacial score (nSPS) is 12.8. The number of aryl methyl sites for hydroxylation is 3. The quantitative estimate of drug-likeness (QED) is 0.380. The maximum Gasteiger partial charge on any atom is 0.408 e. The minimum absolute atomic E-state index is 0.322. The zero-order valence-corrected chi connectivity index (χ0v) is 23.4. The summed E-state index contributed by atoms with van der Waals surface area (Å²) in [5.74, 6) is -1.35. The van der Waals surface area contributed by atoms with Gasteiger partial charge >= 0.3 is 6.09 Å². The van der Waals surface area contributed by atoms with Gasteiger partial charge in [0.25, 0.3) is 11.8 Å². The van der Waals surface area contributed by atoms with E-state index in [9.17, 15) is 14.4 Å². The van der Waals surface area contributed by atoms with Gasteiger partial charge in [-0.15, -0.1) is 0 Å². The fourth-order valence-corrected chi connectivity index (χ4v) is 4.03. The van der Waals surface area contributed by atoms with Crippen molar-refractivity contribution in [3.8, 4) is 12.5 Å². The largest absolute Gasteiger partial charge is 0.444 e. The van der Waals surface area contributed by atoms with Crippen molar-refractivity contribution in [3.63, 3.8) is 0 Å². The summed E-state index contributed by atoms with van der Waals surface area (Å²) in [7, 11) is 0. The van der Waals surface area contributed by atoms with E-state index in [2.05, 4.69) is 16.7 Å². The molecule has 0 bridgehead atoms. The summed E-state index contributed by atoms with van der Waals surface area (Å²) in [6.45, 7) is 16.4. The maximum atomic E-state index is 13.9. The zero-order chi connectivity index (χ0) is 28.1. The van der Waals surface area contributed by atoms with Crippen molar-refractivity contribution in [1.82, 2.24) is 10.2 Å². The number of nitrogens with zero attached hydrogens (tertiary/aromatic N) is 1. The van der Waals surface area contributed by atoms with Crippen LogP contribution in [0.1, 0.15) is 68.5 Å². The standard InChI is InChI=1S/C30H39N3O4/c1-11-33(28(35)24(18(2)3)32-29(36)37-30(8,9)10)26(23-17-13-14-19(4)22(23)7)27(34)31-25-20(5)15-12-16-21(25)6/h1,12-18,24,26H,2-10H3,(H,31,34)(H,32,36). The Morgan fingerprint density at radius 1 is 0.946 bits per heavy atom. The first kappa shape index (κ1) is 29.4. The molecular formula is C30H39N3O4. The predicted molar refractivity (Wildman–Crippen MR) is 147 cm³/mol. The summed E-state index contributed by atoms with van der Waals surface area (Å²) in [6, 6.07) is 11.6. The van der Waals surface area contributed by atoms with Gasteiger partial charge in [0.15, 0.2) is 0 Å². The third kappa shape index (κ3) is 7.36. The Bertz CT molecular complexity index is 1180. The van der Waals surface area contributed by atoms with Gasteiger partial charge < -0.3 is 15.4 Å². The molecule has 2 aromatic carbocycles. The van der Waals surface area contributed by atoms with Crippen LogP contribution < -0.4 is 10.6 Å². The lowest BCUT2D eigenvalue weighted by atomic mass is 9.94. The number of hydrogen-bond donors (Lipinski definition) is 2. The molecule has 0 spiro atoms. The SMILES string of the molecule is C#CN(C(=O)C(NC(=O)OC(C)(C)C)C(C)C)C(C(=O)Nc1c(C)cccc1C)c1cccc(C)c1C. The van der Waals surface area contributed by atoms with E-state index in [-0.39, 0.29) is 5.92 Å². The van der Waals surface area contributed by atoms with Crippen LogP contribution in [0.5, 0.6) is 0 Å². The lowest BCUT2D eigenvalue weighted by molar-refractivity contribution is -0.137. The van der Waals surface area contributed by atoms with Crippen LogP contribution in [0.2, 0.25) is 0 Å². The van der Waals surface area contributed by atoms with E-state index in [4.69, 9.17) is 11.2 Å². The van der Waals surface area contributed by atoms with Crippen molar-refractivity contribution < 1.29 is 19.1 Å². The molecule has 0 aromatic heterocycles. The van der Waals surface area contributed by atoms with Gasteiger partial charge in [-0.3, -0.25) is 14.5 Å². The lowest BCUT2D eigenvalue weighted by Gasteiger charge is -2.32. The van der Waals surface area contributed by atoms with E-state index in [1.165, 1.54) is 0 Å². The molecule has 2 N–H and O–H groups in total. The fraction of sp³-hybridized carbons (Fsp3) is 0.433. The Labute approximate surface area is 221 Å². The minimum atomic E-state index is -1.13. The Hall–Kier alpha value is -3.79. The van der Waals surface area contributed by atoms with Crippen molar-refractivity contribution >= 4 is 23.6 Å². The number of hydrogen-bond acceptors (Lipinski definition) is 4. The van der Waals surface area contributed by atoms with Gasteiger partial charge in [0.2, 0.25) is 0 Å². The second-order valence-electron chi connectivity index (χ2n) is 10.7. The third-order valence-electron chi connectivity index (χ3n) is 6.16. The molecule has 0 saturated carbocycles. The molecule has 37 heavy (non-hydrogen) atoms. The fourth-order valence-electron chi connectivity index (χ4n) is 4.03. The van der Waals surface area contributed by atoms with Crippen molar-refractivity contribution in [1.29, 1.82) is 0 Å². The summed E-state index contributed by atoms with van der Waals surface area (Å²) in [5.41, 5.74) is 4.11. The smallest absolute Gasteiger partial charge is 0.408 e. The van der Waals surface area contributed by atoms with E-state index in [1.807, 2.05) is 58.0 Å². The lowest BCUT2D eigenvalue weighted by Crippen LogP contribution is -2.53. The number of carbonyl (C=O) groups is 3. The number of nitrogens with one attached hydrogen (secondary N) is 2. The Morgan fingerprint density at radius 3 is 2.00 bits per heavy atom. The third-order valence-corrected chi connectivity index (χ3v) is 6.16. The number of para-hydroxylation sites is 1. The molecule has 7 nitrogen and oxygen atoms in total. The van der Waals surface area contributed by atoms with Gasteiger partial charge in [-0.1, -0.05) is 56.7 Å². The summed E-state index contributed by atoms with van der Waals surface area (Å²) in [4.78, 5) is 41.3. The van der Waals surface area contributed by atoms with Crippen LogP contribution in [0.3, 0.4) is 0 Å². The van der Waals surface area contributed by atoms with Crippen LogP contribution in [-0.4, -0.2) is 34.5 Å². The molecule has 198 valence electrons. The first-order valence-corrected chi connectivity index (χ1v) is 12.4. The van der Waals surface area contributed by atoms with Gasteiger partial charge in [0, 0.05) is 11.7 Å². The number of terminal acetylenes is 1. The zero-order valence-electron chi connectivity index (χ0n) is 23.4. The summed E-state index contributed by atoms with van der Waals surface area (Å²) in [6.07, 6.45) is 5.16. The highest BCUT2D eigenvalue weighted by Gasteiger charge is 2.38. The van der Waals surface area contributed by atoms with Gasteiger partial charge in [-0.2, -0.15) is 0 Å². The molecule has 0 aliphatic rings. The molecule has 2 unspecified atom stereocenters. The highest BCUT2D eigenvalue weighted by atomic mass is 16.6. The predicted octanol–water partition coefficient (Wildman–Crippen LogP) is 5.57. The van der Waals surface area contributed by atoms with Gasteiger partial charge in [-0.05, 0) is 82.2 Å². The average molecular weight is 506 g/mol. The van der Waals surface area contributed by atoms with Gasteiger partial charge in [-0.25, -0.2) is 4.79 Å². The second-order valence-corrected chi connectivity index (χ2v) is 10.7. The molecule has 0 aliphatic heterocycles. The van der Waals surface area contributed by atoms with E-state index in [0.717, 1.165) is 27.2 Å². The van der Waals surface area contributed by atoms with E-state index >= 15 is 0 Å². The van der Waals surface area contributed by atoms with E-state index < -0.39 is 35.6 Å². The molecule has 2 rings (SSSR count). The topological polar surface area (TPSA) is 87.7 Å². The molecule has 7 heteroatoms. The molecule has 0 heterocycles. The Morgan fingerprint density at radius 2 is 1.49 bits per heavy atom. The number of ether oxygens (including phenoxy) is 1. The maximum absolute atomic E-state index is 13.9. The van der Waals surface area contributed by atoms with Crippen molar-refractivity contribution in [3.05, 3.63) is 64.2 Å². The highest BCUT2D eigenvalue weighted by Crippen LogP contribution is 2.30. The average Bonchev–Trinajstić information content (AvgIpc) is 2.78. The molecular weight excluding hydrogens is 466 g/mol. The van der Waals surface area contributed by atoms with Crippen LogP contribution in [0.25, 0.3) is 0 Å². The van der Waals surface area contributed by atoms with Crippen molar-refractivity contribution in [2.75, 3.05) is 5.32 Å². The Balaban J connectivity index is 2.56. The number of alkyl carbamates (subject to hydrolysis) is 1. The number of carbonyl (C=O) groups excluding carboxylic acids is 3.